The smallest absolute Gasteiger partial charge is 0.246 e. The van der Waals surface area contributed by atoms with Crippen LogP contribution in [0.2, 0.25) is 0 Å². The summed E-state index contributed by atoms with van der Waals surface area (Å²) in [4.78, 5) is 17.1. The number of amides is 1. The van der Waals surface area contributed by atoms with Gasteiger partial charge in [0.15, 0.2) is 11.5 Å². The molecule has 6 heteroatoms. The summed E-state index contributed by atoms with van der Waals surface area (Å²) >= 11 is 0. The van der Waals surface area contributed by atoms with E-state index < -0.39 is 0 Å². The first-order valence-electron chi connectivity index (χ1n) is 11.3. The first kappa shape index (κ1) is 23.7. The molecule has 0 aliphatic carbocycles. The molecule has 172 valence electrons. The molecule has 32 heavy (non-hydrogen) atoms. The minimum atomic E-state index is 0.0446. The van der Waals surface area contributed by atoms with Gasteiger partial charge in [-0.05, 0) is 61.7 Å². The lowest BCUT2D eigenvalue weighted by molar-refractivity contribution is -0.125. The van der Waals surface area contributed by atoms with Crippen LogP contribution in [-0.4, -0.2) is 62.2 Å². The van der Waals surface area contributed by atoms with E-state index in [4.69, 9.17) is 14.2 Å². The molecule has 1 amide bonds. The highest BCUT2D eigenvalue weighted by Gasteiger charge is 2.18. The van der Waals surface area contributed by atoms with E-state index in [1.165, 1.54) is 5.56 Å². The summed E-state index contributed by atoms with van der Waals surface area (Å²) in [5.74, 6) is 2.34. The molecule has 0 saturated carbocycles. The average molecular weight is 439 g/mol. The Bertz CT molecular complexity index is 895. The minimum Gasteiger partial charge on any atom is -0.497 e. The zero-order valence-corrected chi connectivity index (χ0v) is 19.4. The second kappa shape index (κ2) is 12.2. The van der Waals surface area contributed by atoms with E-state index in [2.05, 4.69) is 17.0 Å². The molecule has 0 N–H and O–H groups in total. The van der Waals surface area contributed by atoms with E-state index in [9.17, 15) is 4.79 Å². The zero-order valence-electron chi connectivity index (χ0n) is 19.4. The summed E-state index contributed by atoms with van der Waals surface area (Å²) in [6.45, 7) is 9.27. The fraction of sp³-hybridized carbons (Fsp3) is 0.423. The molecule has 0 unspecified atom stereocenters. The molecule has 2 aromatic carbocycles. The van der Waals surface area contributed by atoms with Crippen molar-refractivity contribution in [1.82, 2.24) is 9.80 Å². The predicted octanol–water partition coefficient (Wildman–Crippen LogP) is 4.24. The van der Waals surface area contributed by atoms with Gasteiger partial charge in [0.05, 0.1) is 20.3 Å². The molecule has 1 heterocycles. The largest absolute Gasteiger partial charge is 0.497 e. The number of hydrogen-bond acceptors (Lipinski definition) is 5. The molecule has 0 bridgehead atoms. The fourth-order valence-electron chi connectivity index (χ4n) is 3.78. The lowest BCUT2D eigenvalue weighted by atomic mass is 10.2. The van der Waals surface area contributed by atoms with E-state index in [1.807, 2.05) is 55.2 Å². The first-order valence-corrected chi connectivity index (χ1v) is 11.3. The molecule has 3 rings (SSSR count). The maximum Gasteiger partial charge on any atom is 0.246 e. The van der Waals surface area contributed by atoms with Crippen LogP contribution in [0, 0.1) is 0 Å². The van der Waals surface area contributed by atoms with Crippen molar-refractivity contribution in [2.24, 2.45) is 0 Å². The summed E-state index contributed by atoms with van der Waals surface area (Å²) in [5.41, 5.74) is 2.17. The first-order chi connectivity index (χ1) is 15.6. The van der Waals surface area contributed by atoms with Gasteiger partial charge in [0.2, 0.25) is 5.91 Å². The van der Waals surface area contributed by atoms with Gasteiger partial charge in [0.1, 0.15) is 5.75 Å². The molecule has 0 radical (unpaired) electrons. The molecule has 1 aliphatic rings. The van der Waals surface area contributed by atoms with Crippen LogP contribution < -0.4 is 14.2 Å². The van der Waals surface area contributed by atoms with E-state index in [0.29, 0.717) is 19.0 Å². The average Bonchev–Trinajstić information content (AvgIpc) is 3.05. The van der Waals surface area contributed by atoms with Crippen LogP contribution in [0.3, 0.4) is 0 Å². The van der Waals surface area contributed by atoms with Crippen LogP contribution >= 0.6 is 0 Å². The highest BCUT2D eigenvalue weighted by molar-refractivity contribution is 5.91. The summed E-state index contributed by atoms with van der Waals surface area (Å²) in [6.07, 6.45) is 4.47. The topological polar surface area (TPSA) is 51.2 Å². The molecule has 1 aliphatic heterocycles. The standard InChI is InChI=1S/C26H34N2O4/c1-4-31-24-13-9-21(19-25(24)32-5-2)10-14-26(29)28-16-6-15-27(17-18-28)20-22-7-11-23(30-3)12-8-22/h7-14,19H,4-6,15-18,20H2,1-3H3/b14-10+. The van der Waals surface area contributed by atoms with Crippen molar-refractivity contribution in [3.05, 3.63) is 59.7 Å². The number of ether oxygens (including phenoxy) is 3. The predicted molar refractivity (Wildman–Crippen MR) is 127 cm³/mol. The molecule has 1 fully saturated rings. The zero-order chi connectivity index (χ0) is 22.8. The van der Waals surface area contributed by atoms with E-state index in [-0.39, 0.29) is 5.91 Å². The van der Waals surface area contributed by atoms with Crippen molar-refractivity contribution < 1.29 is 19.0 Å². The van der Waals surface area contributed by atoms with Gasteiger partial charge in [-0.2, -0.15) is 0 Å². The summed E-state index contributed by atoms with van der Waals surface area (Å²) < 4.78 is 16.5. The summed E-state index contributed by atoms with van der Waals surface area (Å²) in [5, 5.41) is 0. The molecule has 1 saturated heterocycles. The number of hydrogen-bond donors (Lipinski definition) is 0. The Morgan fingerprint density at radius 3 is 2.41 bits per heavy atom. The molecule has 6 nitrogen and oxygen atoms in total. The van der Waals surface area contributed by atoms with Crippen LogP contribution in [0.4, 0.5) is 0 Å². The lowest BCUT2D eigenvalue weighted by Gasteiger charge is -2.21. The van der Waals surface area contributed by atoms with Gasteiger partial charge in [-0.25, -0.2) is 0 Å². The van der Waals surface area contributed by atoms with Crippen LogP contribution in [0.1, 0.15) is 31.4 Å². The number of carbonyl (C=O) groups is 1. The minimum absolute atomic E-state index is 0.0446. The Balaban J connectivity index is 1.56. The second-order valence-corrected chi connectivity index (χ2v) is 7.71. The number of rotatable bonds is 9. The van der Waals surface area contributed by atoms with Crippen molar-refractivity contribution in [3.63, 3.8) is 0 Å². The molecular formula is C26H34N2O4. The van der Waals surface area contributed by atoms with E-state index in [0.717, 1.165) is 56.2 Å². The Hall–Kier alpha value is -2.99. The van der Waals surface area contributed by atoms with Gasteiger partial charge in [-0.15, -0.1) is 0 Å². The van der Waals surface area contributed by atoms with Crippen molar-refractivity contribution in [1.29, 1.82) is 0 Å². The van der Waals surface area contributed by atoms with Gasteiger partial charge in [0, 0.05) is 38.8 Å². The van der Waals surface area contributed by atoms with E-state index in [1.54, 1.807) is 13.2 Å². The lowest BCUT2D eigenvalue weighted by Crippen LogP contribution is -2.34. The van der Waals surface area contributed by atoms with Crippen molar-refractivity contribution in [2.75, 3.05) is 46.5 Å². The maximum atomic E-state index is 12.8. The third-order valence-electron chi connectivity index (χ3n) is 5.45. The molecule has 0 atom stereocenters. The highest BCUT2D eigenvalue weighted by atomic mass is 16.5. The number of carbonyl (C=O) groups excluding carboxylic acids is 1. The van der Waals surface area contributed by atoms with Crippen LogP contribution in [0.15, 0.2) is 48.5 Å². The van der Waals surface area contributed by atoms with Crippen molar-refractivity contribution >= 4 is 12.0 Å². The Morgan fingerprint density at radius 2 is 1.69 bits per heavy atom. The second-order valence-electron chi connectivity index (χ2n) is 7.71. The Kier molecular flexibility index (Phi) is 8.99. The molecule has 0 aromatic heterocycles. The Labute approximate surface area is 191 Å². The summed E-state index contributed by atoms with van der Waals surface area (Å²) in [7, 11) is 1.68. The van der Waals surface area contributed by atoms with E-state index >= 15 is 0 Å². The normalized spacial score (nSPS) is 14.9. The van der Waals surface area contributed by atoms with Crippen LogP contribution in [0.25, 0.3) is 6.08 Å². The Morgan fingerprint density at radius 1 is 0.938 bits per heavy atom. The third-order valence-corrected chi connectivity index (χ3v) is 5.45. The number of benzene rings is 2. The van der Waals surface area contributed by atoms with Crippen LogP contribution in [0.5, 0.6) is 17.2 Å². The molecule has 2 aromatic rings. The van der Waals surface area contributed by atoms with Crippen molar-refractivity contribution in [3.8, 4) is 17.2 Å². The quantitative estimate of drug-likeness (QED) is 0.548. The number of methoxy groups -OCH3 is 1. The fourth-order valence-corrected chi connectivity index (χ4v) is 3.78. The van der Waals surface area contributed by atoms with Gasteiger partial charge >= 0.3 is 0 Å². The highest BCUT2D eigenvalue weighted by Crippen LogP contribution is 2.29. The molecule has 0 spiro atoms. The number of nitrogens with zero attached hydrogens (tertiary/aromatic N) is 2. The van der Waals surface area contributed by atoms with Gasteiger partial charge in [0.25, 0.3) is 0 Å². The molecular weight excluding hydrogens is 404 g/mol. The third kappa shape index (κ3) is 6.76. The monoisotopic (exact) mass is 438 g/mol. The maximum absolute atomic E-state index is 12.8. The summed E-state index contributed by atoms with van der Waals surface area (Å²) in [6, 6.07) is 13.9. The van der Waals surface area contributed by atoms with Crippen LogP contribution in [-0.2, 0) is 11.3 Å². The van der Waals surface area contributed by atoms with Gasteiger partial charge in [-0.3, -0.25) is 9.69 Å². The SMILES string of the molecule is CCOc1ccc(/C=C/C(=O)N2CCCN(Cc3ccc(OC)cc3)CC2)cc1OCC. The van der Waals surface area contributed by atoms with Gasteiger partial charge < -0.3 is 19.1 Å². The van der Waals surface area contributed by atoms with Crippen molar-refractivity contribution in [2.45, 2.75) is 26.8 Å². The van der Waals surface area contributed by atoms with Gasteiger partial charge in [-0.1, -0.05) is 18.2 Å².